The van der Waals surface area contributed by atoms with Crippen LogP contribution in [0.4, 0.5) is 0 Å². The fraction of sp³-hybridized carbons (Fsp3) is 0.318. The molecule has 0 unspecified atom stereocenters. The third kappa shape index (κ3) is 4.81. The summed E-state index contributed by atoms with van der Waals surface area (Å²) in [6.07, 6.45) is 3.96. The molecule has 2 aromatic carbocycles. The van der Waals surface area contributed by atoms with E-state index < -0.39 is 5.91 Å². The molecule has 26 heavy (non-hydrogen) atoms. The van der Waals surface area contributed by atoms with Crippen LogP contribution in [0.5, 0.6) is 0 Å². The van der Waals surface area contributed by atoms with Gasteiger partial charge in [0.2, 0.25) is 5.91 Å². The minimum Gasteiger partial charge on any atom is -0.366 e. The van der Waals surface area contributed by atoms with Gasteiger partial charge in [-0.3, -0.25) is 9.69 Å². The maximum Gasteiger partial charge on any atom is 0.249 e. The summed E-state index contributed by atoms with van der Waals surface area (Å²) in [5, 5.41) is 0. The quantitative estimate of drug-likeness (QED) is 0.816. The van der Waals surface area contributed by atoms with Gasteiger partial charge in [0.25, 0.3) is 0 Å². The highest BCUT2D eigenvalue weighted by Gasteiger charge is 2.15. The molecule has 0 radical (unpaired) electrons. The molecular formula is C22H27N3O. The van der Waals surface area contributed by atoms with E-state index in [-0.39, 0.29) is 0 Å². The highest BCUT2D eigenvalue weighted by atomic mass is 16.1. The van der Waals surface area contributed by atoms with E-state index in [9.17, 15) is 4.79 Å². The molecule has 2 aromatic rings. The van der Waals surface area contributed by atoms with Crippen molar-refractivity contribution in [3.8, 4) is 0 Å². The highest BCUT2D eigenvalue weighted by molar-refractivity contribution is 5.97. The van der Waals surface area contributed by atoms with Gasteiger partial charge in [-0.05, 0) is 29.3 Å². The molecule has 1 aliphatic rings. The summed E-state index contributed by atoms with van der Waals surface area (Å²) in [6, 6.07) is 16.0. The van der Waals surface area contributed by atoms with Gasteiger partial charge in [0.15, 0.2) is 0 Å². The van der Waals surface area contributed by atoms with Crippen molar-refractivity contribution in [1.82, 2.24) is 9.80 Å². The first-order valence-electron chi connectivity index (χ1n) is 9.26. The number of amides is 1. The van der Waals surface area contributed by atoms with E-state index in [1.165, 1.54) is 5.56 Å². The molecule has 0 saturated carbocycles. The summed E-state index contributed by atoms with van der Waals surface area (Å²) in [6.45, 7) is 8.98. The molecular weight excluding hydrogens is 322 g/mol. The molecule has 0 aromatic heterocycles. The predicted molar refractivity (Wildman–Crippen MR) is 108 cm³/mol. The molecule has 136 valence electrons. The largest absolute Gasteiger partial charge is 0.366 e. The van der Waals surface area contributed by atoms with E-state index in [0.717, 1.165) is 50.4 Å². The topological polar surface area (TPSA) is 49.6 Å². The molecule has 1 aliphatic heterocycles. The molecule has 1 saturated heterocycles. The summed E-state index contributed by atoms with van der Waals surface area (Å²) < 4.78 is 0. The number of hydrogen-bond acceptors (Lipinski definition) is 3. The fourth-order valence-corrected chi connectivity index (χ4v) is 3.31. The first kappa shape index (κ1) is 18.4. The zero-order valence-corrected chi connectivity index (χ0v) is 15.4. The summed E-state index contributed by atoms with van der Waals surface area (Å²) in [5.74, 6) is -0.399. The van der Waals surface area contributed by atoms with Gasteiger partial charge >= 0.3 is 0 Å². The molecule has 1 fully saturated rings. The zero-order valence-electron chi connectivity index (χ0n) is 15.4. The first-order valence-corrected chi connectivity index (χ1v) is 9.26. The van der Waals surface area contributed by atoms with Gasteiger partial charge in [0, 0.05) is 38.3 Å². The van der Waals surface area contributed by atoms with Crippen LogP contribution >= 0.6 is 0 Å². The van der Waals surface area contributed by atoms with Crippen LogP contribution in [-0.2, 0) is 6.54 Å². The Balaban J connectivity index is 1.61. The molecule has 4 nitrogen and oxygen atoms in total. The van der Waals surface area contributed by atoms with Gasteiger partial charge in [-0.15, -0.1) is 0 Å². The summed E-state index contributed by atoms with van der Waals surface area (Å²) in [7, 11) is 0. The molecule has 3 rings (SSSR count). The lowest BCUT2D eigenvalue weighted by molar-refractivity contribution is 0.1000. The Morgan fingerprint density at radius 1 is 0.962 bits per heavy atom. The minimum absolute atomic E-state index is 0.399. The third-order valence-electron chi connectivity index (χ3n) is 4.98. The molecule has 0 atom stereocenters. The van der Waals surface area contributed by atoms with E-state index >= 15 is 0 Å². The Bertz CT molecular complexity index is 759. The van der Waals surface area contributed by atoms with Crippen molar-refractivity contribution in [3.63, 3.8) is 0 Å². The molecule has 1 amide bonds. The average molecular weight is 349 g/mol. The Hall–Kier alpha value is -2.43. The van der Waals surface area contributed by atoms with Gasteiger partial charge in [0.1, 0.15) is 0 Å². The van der Waals surface area contributed by atoms with Crippen molar-refractivity contribution in [2.45, 2.75) is 13.5 Å². The number of likely N-dealkylation sites (N-methyl/N-ethyl adjacent to an activating group) is 1. The maximum atomic E-state index is 11.5. The maximum absolute atomic E-state index is 11.5. The van der Waals surface area contributed by atoms with Gasteiger partial charge in [0.05, 0.1) is 0 Å². The van der Waals surface area contributed by atoms with Crippen LogP contribution in [-0.4, -0.2) is 48.4 Å². The third-order valence-corrected chi connectivity index (χ3v) is 4.98. The lowest BCUT2D eigenvalue weighted by Gasteiger charge is -2.34. The number of nitrogens with two attached hydrogens (primary N) is 1. The first-order chi connectivity index (χ1) is 12.7. The van der Waals surface area contributed by atoms with Crippen molar-refractivity contribution in [1.29, 1.82) is 0 Å². The molecule has 0 bridgehead atoms. The van der Waals surface area contributed by atoms with Gasteiger partial charge in [-0.1, -0.05) is 61.5 Å². The number of carbonyl (C=O) groups excluding carboxylic acids is 1. The second-order valence-electron chi connectivity index (χ2n) is 6.74. The second-order valence-corrected chi connectivity index (χ2v) is 6.74. The lowest BCUT2D eigenvalue weighted by atomic mass is 10.0. The second kappa shape index (κ2) is 8.79. The van der Waals surface area contributed by atoms with E-state index in [2.05, 4.69) is 41.0 Å². The zero-order chi connectivity index (χ0) is 18.4. The van der Waals surface area contributed by atoms with Crippen molar-refractivity contribution in [3.05, 3.63) is 70.8 Å². The monoisotopic (exact) mass is 349 g/mol. The minimum atomic E-state index is -0.399. The number of benzene rings is 2. The van der Waals surface area contributed by atoms with Gasteiger partial charge in [-0.2, -0.15) is 0 Å². The standard InChI is InChI=1S/C22H27N3O/c1-2-24-13-15-25(16-14-24)17-19-9-7-18(8-10-19)11-12-20-5-3-4-6-21(20)22(23)26/h3-12H,2,13-17H2,1H3,(H2,23,26)/b12-11+. The van der Waals surface area contributed by atoms with Crippen LogP contribution in [0.25, 0.3) is 12.2 Å². The Morgan fingerprint density at radius 3 is 2.27 bits per heavy atom. The Morgan fingerprint density at radius 2 is 1.62 bits per heavy atom. The average Bonchev–Trinajstić information content (AvgIpc) is 2.68. The Labute approximate surface area is 155 Å². The summed E-state index contributed by atoms with van der Waals surface area (Å²) >= 11 is 0. The molecule has 2 N–H and O–H groups in total. The molecule has 1 heterocycles. The molecule has 0 aliphatic carbocycles. The predicted octanol–water partition coefficient (Wildman–Crippen LogP) is 3.09. The van der Waals surface area contributed by atoms with E-state index in [0.29, 0.717) is 5.56 Å². The van der Waals surface area contributed by atoms with Crippen molar-refractivity contribution in [2.75, 3.05) is 32.7 Å². The van der Waals surface area contributed by atoms with Crippen molar-refractivity contribution < 1.29 is 4.79 Å². The van der Waals surface area contributed by atoms with E-state index in [4.69, 9.17) is 5.73 Å². The normalized spacial score (nSPS) is 16.2. The van der Waals surface area contributed by atoms with Crippen molar-refractivity contribution in [2.24, 2.45) is 5.73 Å². The number of rotatable bonds is 6. The van der Waals surface area contributed by atoms with E-state index in [1.54, 1.807) is 6.07 Å². The number of piperazine rings is 1. The Kier molecular flexibility index (Phi) is 6.21. The van der Waals surface area contributed by atoms with Crippen LogP contribution in [0.1, 0.15) is 34.0 Å². The SMILES string of the molecule is CCN1CCN(Cc2ccc(/C=C/c3ccccc3C(N)=O)cc2)CC1. The number of nitrogens with zero attached hydrogens (tertiary/aromatic N) is 2. The lowest BCUT2D eigenvalue weighted by Crippen LogP contribution is -2.45. The number of carbonyl (C=O) groups is 1. The fourth-order valence-electron chi connectivity index (χ4n) is 3.31. The smallest absolute Gasteiger partial charge is 0.249 e. The summed E-state index contributed by atoms with van der Waals surface area (Å²) in [4.78, 5) is 16.5. The highest BCUT2D eigenvalue weighted by Crippen LogP contribution is 2.15. The van der Waals surface area contributed by atoms with Crippen LogP contribution in [0, 0.1) is 0 Å². The number of primary amides is 1. The summed E-state index contributed by atoms with van der Waals surface area (Å²) in [5.41, 5.74) is 9.27. The molecule has 0 spiro atoms. The van der Waals surface area contributed by atoms with Crippen molar-refractivity contribution >= 4 is 18.1 Å². The van der Waals surface area contributed by atoms with Gasteiger partial charge < -0.3 is 10.6 Å². The number of hydrogen-bond donors (Lipinski definition) is 1. The molecule has 4 heteroatoms. The van der Waals surface area contributed by atoms with Crippen LogP contribution in [0.3, 0.4) is 0 Å². The van der Waals surface area contributed by atoms with Crippen LogP contribution in [0.2, 0.25) is 0 Å². The van der Waals surface area contributed by atoms with Gasteiger partial charge in [-0.25, -0.2) is 0 Å². The van der Waals surface area contributed by atoms with E-state index in [1.807, 2.05) is 30.4 Å². The van der Waals surface area contributed by atoms with Crippen LogP contribution < -0.4 is 5.73 Å². The van der Waals surface area contributed by atoms with Crippen LogP contribution in [0.15, 0.2) is 48.5 Å².